The van der Waals surface area contributed by atoms with Crippen LogP contribution in [0.4, 0.5) is 32.2 Å². The van der Waals surface area contributed by atoms with Gasteiger partial charge in [-0.05, 0) is 18.9 Å². The van der Waals surface area contributed by atoms with Crippen molar-refractivity contribution in [2.75, 3.05) is 18.8 Å². The molecular formula is C19H17F6N5. The van der Waals surface area contributed by atoms with Crippen LogP contribution < -0.4 is 5.73 Å². The van der Waals surface area contributed by atoms with Crippen molar-refractivity contribution in [1.82, 2.24) is 19.4 Å². The van der Waals surface area contributed by atoms with Gasteiger partial charge in [-0.15, -0.1) is 0 Å². The van der Waals surface area contributed by atoms with E-state index in [1.165, 1.54) is 11.1 Å². The maximum absolute atomic E-state index is 13.2. The van der Waals surface area contributed by atoms with Gasteiger partial charge in [0.1, 0.15) is 11.6 Å². The lowest BCUT2D eigenvalue weighted by molar-refractivity contribution is -0.144. The first-order valence-electron chi connectivity index (χ1n) is 9.75. The zero-order valence-electron chi connectivity index (χ0n) is 15.5. The van der Waals surface area contributed by atoms with E-state index in [-0.39, 0.29) is 34.9 Å². The maximum atomic E-state index is 13.2. The summed E-state index contributed by atoms with van der Waals surface area (Å²) in [5.74, 6) is 0.694. The minimum Gasteiger partial charge on any atom is -0.383 e. The van der Waals surface area contributed by atoms with E-state index in [1.54, 1.807) is 6.20 Å². The minimum absolute atomic E-state index is 0.152. The topological polar surface area (TPSA) is 60.0 Å². The predicted molar refractivity (Wildman–Crippen MR) is 93.2 cm³/mol. The number of rotatable bonds is 4. The van der Waals surface area contributed by atoms with Gasteiger partial charge in [0.2, 0.25) is 0 Å². The molecule has 2 N–H and O–H groups in total. The largest absolute Gasteiger partial charge is 0.419 e. The summed E-state index contributed by atoms with van der Waals surface area (Å²) in [6.07, 6.45) is -4.08. The molecule has 3 saturated carbocycles. The Labute approximate surface area is 166 Å². The summed E-state index contributed by atoms with van der Waals surface area (Å²) in [6, 6.07) is 0.768. The van der Waals surface area contributed by atoms with Gasteiger partial charge < -0.3 is 10.3 Å². The van der Waals surface area contributed by atoms with Crippen LogP contribution in [0.15, 0.2) is 18.5 Å². The lowest BCUT2D eigenvalue weighted by Gasteiger charge is -2.19. The summed E-state index contributed by atoms with van der Waals surface area (Å²) >= 11 is 0. The van der Waals surface area contributed by atoms with E-state index in [1.807, 2.05) is 4.57 Å². The summed E-state index contributed by atoms with van der Waals surface area (Å²) < 4.78 is 80.3. The molecule has 2 aromatic heterocycles. The van der Waals surface area contributed by atoms with Gasteiger partial charge in [0.05, 0.1) is 23.3 Å². The van der Waals surface area contributed by atoms with Gasteiger partial charge in [0.15, 0.2) is 0 Å². The van der Waals surface area contributed by atoms with E-state index < -0.39 is 30.3 Å². The molecular weight excluding hydrogens is 412 g/mol. The molecule has 4 atom stereocenters. The highest BCUT2D eigenvalue weighted by molar-refractivity contribution is 5.63. The maximum Gasteiger partial charge on any atom is 0.419 e. The second-order valence-corrected chi connectivity index (χ2v) is 8.79. The van der Waals surface area contributed by atoms with E-state index in [2.05, 4.69) is 9.97 Å². The molecule has 5 fully saturated rings. The molecule has 2 saturated heterocycles. The predicted octanol–water partition coefficient (Wildman–Crippen LogP) is 3.62. The highest BCUT2D eigenvalue weighted by atomic mass is 19.4. The fourth-order valence-electron chi connectivity index (χ4n) is 5.56. The van der Waals surface area contributed by atoms with Crippen LogP contribution in [0.25, 0.3) is 11.3 Å². The number of nitrogens with zero attached hydrogens (tertiary/aromatic N) is 4. The van der Waals surface area contributed by atoms with Crippen LogP contribution in [0.1, 0.15) is 30.1 Å². The number of imidazole rings is 1. The molecule has 0 radical (unpaired) electrons. The lowest BCUT2D eigenvalue weighted by Crippen LogP contribution is -2.34. The number of pyridine rings is 1. The van der Waals surface area contributed by atoms with Gasteiger partial charge in [-0.1, -0.05) is 0 Å². The van der Waals surface area contributed by atoms with Crippen LogP contribution in [0.3, 0.4) is 0 Å². The summed E-state index contributed by atoms with van der Waals surface area (Å²) in [6.45, 7) is -0.530. The average molecular weight is 429 g/mol. The highest BCUT2D eigenvalue weighted by Crippen LogP contribution is 2.84. The number of alkyl halides is 6. The number of piperidine rings is 1. The van der Waals surface area contributed by atoms with Crippen molar-refractivity contribution in [1.29, 1.82) is 0 Å². The van der Waals surface area contributed by atoms with Gasteiger partial charge in [-0.3, -0.25) is 4.90 Å². The molecule has 5 aliphatic rings. The molecule has 5 nitrogen and oxygen atoms in total. The molecule has 2 aliphatic heterocycles. The third-order valence-corrected chi connectivity index (χ3v) is 6.98. The smallest absolute Gasteiger partial charge is 0.383 e. The van der Waals surface area contributed by atoms with Crippen LogP contribution in [0.5, 0.6) is 0 Å². The molecule has 0 amide bonds. The monoisotopic (exact) mass is 429 g/mol. The summed E-state index contributed by atoms with van der Waals surface area (Å²) in [4.78, 5) is 9.76. The lowest BCUT2D eigenvalue weighted by atomic mass is 10.1. The molecule has 2 aromatic rings. The molecule has 11 heteroatoms. The van der Waals surface area contributed by atoms with Crippen LogP contribution >= 0.6 is 0 Å². The first-order chi connectivity index (χ1) is 14.0. The fraction of sp³-hybridized carbons (Fsp3) is 0.579. The number of halogens is 6. The molecule has 0 aromatic carbocycles. The Balaban J connectivity index is 1.36. The third kappa shape index (κ3) is 2.41. The van der Waals surface area contributed by atoms with Crippen LogP contribution in [-0.4, -0.2) is 44.7 Å². The second kappa shape index (κ2) is 5.30. The van der Waals surface area contributed by atoms with E-state index in [4.69, 9.17) is 5.73 Å². The molecule has 1 unspecified atom stereocenters. The van der Waals surface area contributed by atoms with Gasteiger partial charge in [0.25, 0.3) is 0 Å². The zero-order chi connectivity index (χ0) is 21.2. The number of hydrogen-bond acceptors (Lipinski definition) is 4. The summed E-state index contributed by atoms with van der Waals surface area (Å²) in [5.41, 5.74) is 4.55. The Bertz CT molecular complexity index is 1050. The second-order valence-electron chi connectivity index (χ2n) is 8.79. The zero-order valence-corrected chi connectivity index (χ0v) is 15.5. The van der Waals surface area contributed by atoms with Crippen LogP contribution in [0.2, 0.25) is 0 Å². The first-order valence-corrected chi connectivity index (χ1v) is 9.75. The molecule has 3 aliphatic carbocycles. The quantitative estimate of drug-likeness (QED) is 0.755. The van der Waals surface area contributed by atoms with Crippen LogP contribution in [0, 0.1) is 11.8 Å². The van der Waals surface area contributed by atoms with E-state index in [0.29, 0.717) is 12.2 Å². The molecule has 30 heavy (non-hydrogen) atoms. The normalized spacial score (nSPS) is 32.4. The molecule has 0 spiro atoms. The van der Waals surface area contributed by atoms with E-state index >= 15 is 0 Å². The van der Waals surface area contributed by atoms with Gasteiger partial charge >= 0.3 is 12.4 Å². The Hall–Kier alpha value is -2.30. The van der Waals surface area contributed by atoms with Crippen molar-refractivity contribution in [3.8, 4) is 11.3 Å². The summed E-state index contributed by atoms with van der Waals surface area (Å²) in [7, 11) is 0. The molecule has 2 bridgehead atoms. The van der Waals surface area contributed by atoms with Gasteiger partial charge in [0, 0.05) is 48.3 Å². The average Bonchev–Trinajstić information content (AvgIpc) is 3.57. The molecule has 7 rings (SSSR count). The molecule has 160 valence electrons. The van der Waals surface area contributed by atoms with E-state index in [0.717, 1.165) is 24.7 Å². The van der Waals surface area contributed by atoms with Gasteiger partial charge in [-0.25, -0.2) is 9.97 Å². The Kier molecular flexibility index (Phi) is 3.26. The third-order valence-electron chi connectivity index (χ3n) is 6.98. The number of fused-ring (bicyclic) bond motifs is 1. The Morgan fingerprint density at radius 2 is 1.90 bits per heavy atom. The first kappa shape index (κ1) is 18.5. The van der Waals surface area contributed by atoms with Gasteiger partial charge in [-0.2, -0.15) is 26.3 Å². The number of nitrogen functional groups attached to an aromatic ring is 1. The summed E-state index contributed by atoms with van der Waals surface area (Å²) in [5, 5.41) is 0. The number of anilines is 1. The van der Waals surface area contributed by atoms with Crippen molar-refractivity contribution in [3.05, 3.63) is 29.8 Å². The highest BCUT2D eigenvalue weighted by Gasteiger charge is 2.94. The standard InChI is InChI=1S/C19H17F6N5/c20-17(21,22)7-29-5-11-13-14(29)18(11,13)30-6-12(28-16(30)8-1-2-8)9-3-10(19(23,24)25)15(26)27-4-9/h3-4,6,8,11,13-14H,1-2,5,7H2,(H2,26,27)/t11-,13-,14?,18-/m1/s1. The van der Waals surface area contributed by atoms with Crippen molar-refractivity contribution in [3.63, 3.8) is 0 Å². The minimum atomic E-state index is -4.64. The SMILES string of the molecule is Nc1ncc(-c2cn([C@@]34C5[C@H]3[C@H]4CN5CC(F)(F)F)c(C3CC3)n2)cc1C(F)(F)F. The molecule has 4 heterocycles. The number of nitrogens with two attached hydrogens (primary N) is 1. The van der Waals surface area contributed by atoms with E-state index in [9.17, 15) is 26.3 Å². The van der Waals surface area contributed by atoms with Crippen molar-refractivity contribution in [2.45, 2.75) is 42.7 Å². The number of hydrogen-bond donors (Lipinski definition) is 1. The number of aromatic nitrogens is 3. The Morgan fingerprint density at radius 1 is 1.17 bits per heavy atom. The van der Waals surface area contributed by atoms with Crippen molar-refractivity contribution < 1.29 is 26.3 Å². The van der Waals surface area contributed by atoms with Crippen LogP contribution in [-0.2, 0) is 11.7 Å². The van der Waals surface area contributed by atoms with Crippen molar-refractivity contribution in [2.24, 2.45) is 11.8 Å². The fourth-order valence-corrected chi connectivity index (χ4v) is 5.56. The Morgan fingerprint density at radius 3 is 2.50 bits per heavy atom. The van der Waals surface area contributed by atoms with Crippen molar-refractivity contribution >= 4 is 5.82 Å².